The highest BCUT2D eigenvalue weighted by atomic mass is 16.5. The van der Waals surface area contributed by atoms with Crippen molar-refractivity contribution < 1.29 is 14.3 Å². The number of carbonyl (C=O) groups excluding carboxylic acids is 2. The van der Waals surface area contributed by atoms with Crippen molar-refractivity contribution >= 4 is 17.6 Å². The van der Waals surface area contributed by atoms with Crippen LogP contribution >= 0.6 is 0 Å². The third-order valence-electron chi connectivity index (χ3n) is 3.68. The molecule has 4 heteroatoms. The first-order valence-electron chi connectivity index (χ1n) is 7.00. The van der Waals surface area contributed by atoms with Crippen LogP contribution in [0, 0.1) is 20.8 Å². The quantitative estimate of drug-likeness (QED) is 0.880. The van der Waals surface area contributed by atoms with Crippen molar-refractivity contribution in [3.8, 4) is 0 Å². The van der Waals surface area contributed by atoms with Gasteiger partial charge in [-0.3, -0.25) is 4.79 Å². The Labute approximate surface area is 130 Å². The number of amides is 1. The molecule has 0 fully saturated rings. The van der Waals surface area contributed by atoms with Crippen molar-refractivity contribution in [2.75, 3.05) is 12.4 Å². The first-order chi connectivity index (χ1) is 10.4. The van der Waals surface area contributed by atoms with Crippen LogP contribution in [0.15, 0.2) is 36.4 Å². The number of hydrogen-bond donors (Lipinski definition) is 1. The van der Waals surface area contributed by atoms with Crippen LogP contribution in [0.2, 0.25) is 0 Å². The summed E-state index contributed by atoms with van der Waals surface area (Å²) in [5.74, 6) is -0.630. The average molecular weight is 297 g/mol. The maximum atomic E-state index is 12.4. The van der Waals surface area contributed by atoms with E-state index in [1.165, 1.54) is 7.11 Å². The zero-order valence-electron chi connectivity index (χ0n) is 13.2. The molecule has 0 saturated heterocycles. The lowest BCUT2D eigenvalue weighted by molar-refractivity contribution is 0.0600. The lowest BCUT2D eigenvalue weighted by Gasteiger charge is -2.11. The number of ether oxygens (including phenoxy) is 1. The van der Waals surface area contributed by atoms with Crippen molar-refractivity contribution in [1.82, 2.24) is 0 Å². The minimum absolute atomic E-state index is 0.201. The number of nitrogens with one attached hydrogen (secondary N) is 1. The van der Waals surface area contributed by atoms with E-state index in [0.29, 0.717) is 16.8 Å². The first kappa shape index (κ1) is 15.8. The molecule has 4 nitrogen and oxygen atoms in total. The van der Waals surface area contributed by atoms with Crippen molar-refractivity contribution in [2.45, 2.75) is 20.8 Å². The molecule has 22 heavy (non-hydrogen) atoms. The van der Waals surface area contributed by atoms with Crippen LogP contribution in [0.3, 0.4) is 0 Å². The molecule has 0 aliphatic carbocycles. The number of esters is 1. The number of aryl methyl sites for hydroxylation is 3. The second-order valence-corrected chi connectivity index (χ2v) is 5.27. The number of rotatable bonds is 3. The zero-order valence-corrected chi connectivity index (χ0v) is 13.2. The monoisotopic (exact) mass is 297 g/mol. The highest BCUT2D eigenvalue weighted by Crippen LogP contribution is 2.19. The van der Waals surface area contributed by atoms with Gasteiger partial charge in [0.25, 0.3) is 5.91 Å². The van der Waals surface area contributed by atoms with Gasteiger partial charge in [0.1, 0.15) is 0 Å². The summed E-state index contributed by atoms with van der Waals surface area (Å²) in [5.41, 5.74) is 4.68. The standard InChI is InChI=1S/C18H19NO3/c1-11-5-7-14(9-13(11)3)17(20)19-16-10-15(18(21)22-4)8-6-12(16)2/h5-10H,1-4H3,(H,19,20). The molecular formula is C18H19NO3. The fourth-order valence-electron chi connectivity index (χ4n) is 2.08. The molecule has 2 rings (SSSR count). The fraction of sp³-hybridized carbons (Fsp3) is 0.222. The summed E-state index contributed by atoms with van der Waals surface area (Å²) < 4.78 is 4.70. The molecule has 0 radical (unpaired) electrons. The maximum Gasteiger partial charge on any atom is 0.337 e. The van der Waals surface area contributed by atoms with Gasteiger partial charge >= 0.3 is 5.97 Å². The molecule has 0 aliphatic rings. The van der Waals surface area contributed by atoms with Crippen molar-refractivity contribution in [2.24, 2.45) is 0 Å². The molecule has 114 valence electrons. The molecular weight excluding hydrogens is 278 g/mol. The molecule has 0 unspecified atom stereocenters. The Morgan fingerprint density at radius 1 is 0.864 bits per heavy atom. The van der Waals surface area contributed by atoms with Crippen molar-refractivity contribution in [3.05, 3.63) is 64.2 Å². The number of carbonyl (C=O) groups is 2. The topological polar surface area (TPSA) is 55.4 Å². The lowest BCUT2D eigenvalue weighted by atomic mass is 10.1. The van der Waals surface area contributed by atoms with E-state index in [4.69, 9.17) is 4.74 Å². The molecule has 0 atom stereocenters. The van der Waals surface area contributed by atoms with Gasteiger partial charge in [-0.05, 0) is 61.7 Å². The molecule has 0 bridgehead atoms. The van der Waals surface area contributed by atoms with Gasteiger partial charge in [0, 0.05) is 11.3 Å². The minimum Gasteiger partial charge on any atom is -0.465 e. The molecule has 1 N–H and O–H groups in total. The third-order valence-corrected chi connectivity index (χ3v) is 3.68. The van der Waals surface area contributed by atoms with Crippen LogP contribution in [0.5, 0.6) is 0 Å². The summed E-state index contributed by atoms with van der Waals surface area (Å²) in [4.78, 5) is 23.9. The van der Waals surface area contributed by atoms with E-state index in [9.17, 15) is 9.59 Å². The Morgan fingerprint density at radius 2 is 1.50 bits per heavy atom. The summed E-state index contributed by atoms with van der Waals surface area (Å²) in [6, 6.07) is 10.6. The van der Waals surface area contributed by atoms with E-state index < -0.39 is 5.97 Å². The average Bonchev–Trinajstić information content (AvgIpc) is 2.51. The largest absolute Gasteiger partial charge is 0.465 e. The Hall–Kier alpha value is -2.62. The summed E-state index contributed by atoms with van der Waals surface area (Å²) in [5, 5.41) is 2.85. The van der Waals surface area contributed by atoms with Gasteiger partial charge in [-0.25, -0.2) is 4.79 Å². The predicted molar refractivity (Wildman–Crippen MR) is 86.4 cm³/mol. The normalized spacial score (nSPS) is 10.2. The fourth-order valence-corrected chi connectivity index (χ4v) is 2.08. The van der Waals surface area contributed by atoms with Gasteiger partial charge in [0.15, 0.2) is 0 Å². The first-order valence-corrected chi connectivity index (χ1v) is 7.00. The summed E-state index contributed by atoms with van der Waals surface area (Å²) in [7, 11) is 1.33. The number of benzene rings is 2. The van der Waals surface area contributed by atoms with E-state index >= 15 is 0 Å². The van der Waals surface area contributed by atoms with Crippen molar-refractivity contribution in [1.29, 1.82) is 0 Å². The Balaban J connectivity index is 2.27. The van der Waals surface area contributed by atoms with E-state index in [0.717, 1.165) is 16.7 Å². The zero-order chi connectivity index (χ0) is 16.3. The summed E-state index contributed by atoms with van der Waals surface area (Å²) in [6.07, 6.45) is 0. The number of methoxy groups -OCH3 is 1. The van der Waals surface area contributed by atoms with Crippen LogP contribution < -0.4 is 5.32 Å². The molecule has 1 amide bonds. The SMILES string of the molecule is COC(=O)c1ccc(C)c(NC(=O)c2ccc(C)c(C)c2)c1. The van der Waals surface area contributed by atoms with Gasteiger partial charge in [0.05, 0.1) is 12.7 Å². The second kappa shape index (κ2) is 6.43. The lowest BCUT2D eigenvalue weighted by Crippen LogP contribution is -2.14. The van der Waals surface area contributed by atoms with Crippen LogP contribution in [0.25, 0.3) is 0 Å². The van der Waals surface area contributed by atoms with Crippen molar-refractivity contribution in [3.63, 3.8) is 0 Å². The Kier molecular flexibility index (Phi) is 4.61. The summed E-state index contributed by atoms with van der Waals surface area (Å²) in [6.45, 7) is 5.84. The molecule has 0 aliphatic heterocycles. The molecule has 0 saturated carbocycles. The molecule has 2 aromatic carbocycles. The van der Waals surface area contributed by atoms with Gasteiger partial charge < -0.3 is 10.1 Å². The van der Waals surface area contributed by atoms with Gasteiger partial charge in [-0.1, -0.05) is 12.1 Å². The van der Waals surface area contributed by atoms with Crippen LogP contribution in [0.1, 0.15) is 37.4 Å². The minimum atomic E-state index is -0.429. The maximum absolute atomic E-state index is 12.4. The van der Waals surface area contributed by atoms with Gasteiger partial charge in [-0.15, -0.1) is 0 Å². The molecule has 2 aromatic rings. The van der Waals surface area contributed by atoms with Crippen LogP contribution in [0.4, 0.5) is 5.69 Å². The van der Waals surface area contributed by atoms with E-state index in [1.807, 2.05) is 32.9 Å². The predicted octanol–water partition coefficient (Wildman–Crippen LogP) is 3.65. The van der Waals surface area contributed by atoms with Gasteiger partial charge in [0.2, 0.25) is 0 Å². The highest BCUT2D eigenvalue weighted by molar-refractivity contribution is 6.05. The third kappa shape index (κ3) is 3.34. The van der Waals surface area contributed by atoms with E-state index in [-0.39, 0.29) is 5.91 Å². The molecule has 0 heterocycles. The summed E-state index contributed by atoms with van der Waals surface area (Å²) >= 11 is 0. The second-order valence-electron chi connectivity index (χ2n) is 5.27. The molecule has 0 aromatic heterocycles. The number of hydrogen-bond acceptors (Lipinski definition) is 3. The molecule has 0 spiro atoms. The Morgan fingerprint density at radius 3 is 2.14 bits per heavy atom. The number of anilines is 1. The van der Waals surface area contributed by atoms with Crippen LogP contribution in [-0.4, -0.2) is 19.0 Å². The highest BCUT2D eigenvalue weighted by Gasteiger charge is 2.12. The van der Waals surface area contributed by atoms with Gasteiger partial charge in [-0.2, -0.15) is 0 Å². The smallest absolute Gasteiger partial charge is 0.337 e. The van der Waals surface area contributed by atoms with E-state index in [2.05, 4.69) is 5.32 Å². The Bertz CT molecular complexity index is 735. The van der Waals surface area contributed by atoms with E-state index in [1.54, 1.807) is 24.3 Å². The van der Waals surface area contributed by atoms with Crippen LogP contribution in [-0.2, 0) is 4.74 Å².